The quantitative estimate of drug-likeness (QED) is 0.820. The van der Waals surface area contributed by atoms with Crippen molar-refractivity contribution in [3.63, 3.8) is 0 Å². The fourth-order valence-corrected chi connectivity index (χ4v) is 3.28. The standard InChI is InChI=1S/C12H19NO2S2/c1-4-6-9-11(12(14)15)17-10(13-9)7-16-8(3)5-2/h8H,4-7H2,1-3H3,(H,14,15). The molecule has 1 N–H and O–H groups in total. The number of nitrogens with zero attached hydrogens (tertiary/aromatic N) is 1. The third-order valence-corrected chi connectivity index (χ3v) is 5.10. The molecule has 1 rings (SSSR count). The molecule has 1 aromatic heterocycles. The van der Waals surface area contributed by atoms with Gasteiger partial charge in [0.2, 0.25) is 0 Å². The van der Waals surface area contributed by atoms with Crippen molar-refractivity contribution < 1.29 is 9.90 Å². The summed E-state index contributed by atoms with van der Waals surface area (Å²) in [6.45, 7) is 6.38. The molecule has 0 amide bonds. The topological polar surface area (TPSA) is 50.2 Å². The summed E-state index contributed by atoms with van der Waals surface area (Å²) >= 11 is 3.16. The SMILES string of the molecule is CCCc1nc(CSC(C)CC)sc1C(=O)O. The second-order valence-electron chi connectivity index (χ2n) is 3.97. The third-order valence-electron chi connectivity index (χ3n) is 2.49. The molecule has 0 bridgehead atoms. The molecule has 0 aliphatic rings. The molecular weight excluding hydrogens is 254 g/mol. The number of aryl methyl sites for hydroxylation is 1. The van der Waals surface area contributed by atoms with Gasteiger partial charge >= 0.3 is 5.97 Å². The van der Waals surface area contributed by atoms with Crippen LogP contribution in [0.25, 0.3) is 0 Å². The molecule has 0 aliphatic heterocycles. The van der Waals surface area contributed by atoms with Crippen molar-refractivity contribution in [2.24, 2.45) is 0 Å². The van der Waals surface area contributed by atoms with Crippen molar-refractivity contribution in [2.75, 3.05) is 0 Å². The molecule has 0 fully saturated rings. The van der Waals surface area contributed by atoms with Crippen LogP contribution >= 0.6 is 23.1 Å². The van der Waals surface area contributed by atoms with E-state index in [1.807, 2.05) is 18.7 Å². The minimum absolute atomic E-state index is 0.423. The summed E-state index contributed by atoms with van der Waals surface area (Å²) in [5.74, 6) is -0.0188. The molecule has 0 saturated carbocycles. The fraction of sp³-hybridized carbons (Fsp3) is 0.667. The molecule has 96 valence electrons. The second kappa shape index (κ2) is 7.01. The van der Waals surface area contributed by atoms with Gasteiger partial charge in [0.25, 0.3) is 0 Å². The van der Waals surface area contributed by atoms with E-state index in [4.69, 9.17) is 5.11 Å². The Labute approximate surface area is 111 Å². The lowest BCUT2D eigenvalue weighted by Gasteiger charge is -2.05. The first-order valence-corrected chi connectivity index (χ1v) is 7.78. The van der Waals surface area contributed by atoms with Gasteiger partial charge in [-0.3, -0.25) is 0 Å². The second-order valence-corrected chi connectivity index (χ2v) is 6.48. The Morgan fingerprint density at radius 1 is 1.53 bits per heavy atom. The Bertz CT molecular complexity index is 377. The zero-order valence-electron chi connectivity index (χ0n) is 10.5. The van der Waals surface area contributed by atoms with E-state index in [0.717, 1.165) is 35.7 Å². The van der Waals surface area contributed by atoms with Crippen LogP contribution in [0.15, 0.2) is 0 Å². The molecule has 0 aromatic carbocycles. The number of rotatable bonds is 7. The van der Waals surface area contributed by atoms with Gasteiger partial charge in [0.1, 0.15) is 9.88 Å². The summed E-state index contributed by atoms with van der Waals surface area (Å²) in [4.78, 5) is 15.9. The zero-order valence-corrected chi connectivity index (χ0v) is 12.2. The molecule has 1 unspecified atom stereocenters. The van der Waals surface area contributed by atoms with Gasteiger partial charge in [-0.2, -0.15) is 11.8 Å². The van der Waals surface area contributed by atoms with E-state index in [9.17, 15) is 4.79 Å². The lowest BCUT2D eigenvalue weighted by Crippen LogP contribution is -1.98. The molecule has 0 radical (unpaired) electrons. The van der Waals surface area contributed by atoms with Gasteiger partial charge in [-0.05, 0) is 12.8 Å². The summed E-state index contributed by atoms with van der Waals surface area (Å²) in [5, 5.41) is 10.6. The fourth-order valence-electron chi connectivity index (χ4n) is 1.37. The number of hydrogen-bond donors (Lipinski definition) is 1. The first-order valence-electron chi connectivity index (χ1n) is 5.91. The predicted molar refractivity (Wildman–Crippen MR) is 74.1 cm³/mol. The highest BCUT2D eigenvalue weighted by Gasteiger charge is 2.16. The number of hydrogen-bond acceptors (Lipinski definition) is 4. The molecule has 1 heterocycles. The van der Waals surface area contributed by atoms with Gasteiger partial charge in [0, 0.05) is 11.0 Å². The first kappa shape index (κ1) is 14.5. The van der Waals surface area contributed by atoms with Crippen molar-refractivity contribution in [2.45, 2.75) is 51.0 Å². The van der Waals surface area contributed by atoms with E-state index >= 15 is 0 Å². The number of carboxylic acids is 1. The number of carboxylic acid groups (broad SMARTS) is 1. The zero-order chi connectivity index (χ0) is 12.8. The number of aromatic carboxylic acids is 1. The van der Waals surface area contributed by atoms with E-state index in [1.54, 1.807) is 0 Å². The van der Waals surface area contributed by atoms with Crippen molar-refractivity contribution >= 4 is 29.1 Å². The maximum Gasteiger partial charge on any atom is 0.347 e. The van der Waals surface area contributed by atoms with Crippen LogP contribution in [0.4, 0.5) is 0 Å². The van der Waals surface area contributed by atoms with Gasteiger partial charge in [-0.1, -0.05) is 27.2 Å². The lowest BCUT2D eigenvalue weighted by molar-refractivity contribution is 0.0700. The van der Waals surface area contributed by atoms with Crippen LogP contribution in [0.3, 0.4) is 0 Å². The van der Waals surface area contributed by atoms with Gasteiger partial charge < -0.3 is 5.11 Å². The van der Waals surface area contributed by atoms with Crippen LogP contribution in [0.5, 0.6) is 0 Å². The highest BCUT2D eigenvalue weighted by atomic mass is 32.2. The van der Waals surface area contributed by atoms with Crippen molar-refractivity contribution in [1.82, 2.24) is 4.98 Å². The Morgan fingerprint density at radius 3 is 2.76 bits per heavy atom. The summed E-state index contributed by atoms with van der Waals surface area (Å²) in [7, 11) is 0. The summed E-state index contributed by atoms with van der Waals surface area (Å²) in [6, 6.07) is 0. The molecule has 0 aliphatic carbocycles. The van der Waals surface area contributed by atoms with E-state index in [1.165, 1.54) is 11.3 Å². The van der Waals surface area contributed by atoms with Crippen LogP contribution in [0.2, 0.25) is 0 Å². The average Bonchev–Trinajstić information content (AvgIpc) is 2.70. The van der Waals surface area contributed by atoms with E-state index < -0.39 is 5.97 Å². The maximum absolute atomic E-state index is 11.1. The Hall–Kier alpha value is -0.550. The summed E-state index contributed by atoms with van der Waals surface area (Å²) in [6.07, 6.45) is 2.82. The van der Waals surface area contributed by atoms with Crippen LogP contribution in [0.1, 0.15) is 54.0 Å². The molecule has 1 atom stereocenters. The molecule has 17 heavy (non-hydrogen) atoms. The van der Waals surface area contributed by atoms with Crippen LogP contribution < -0.4 is 0 Å². The minimum Gasteiger partial charge on any atom is -0.477 e. The summed E-state index contributed by atoms with van der Waals surface area (Å²) in [5.41, 5.74) is 0.754. The molecule has 0 spiro atoms. The maximum atomic E-state index is 11.1. The number of aromatic nitrogens is 1. The number of thiazole rings is 1. The molecule has 0 saturated heterocycles. The van der Waals surface area contributed by atoms with Gasteiger partial charge in [0.05, 0.1) is 5.69 Å². The largest absolute Gasteiger partial charge is 0.477 e. The summed E-state index contributed by atoms with van der Waals surface area (Å²) < 4.78 is 0. The normalized spacial score (nSPS) is 12.6. The smallest absolute Gasteiger partial charge is 0.347 e. The Kier molecular flexibility index (Phi) is 5.98. The first-order chi connectivity index (χ1) is 8.08. The van der Waals surface area contributed by atoms with Gasteiger partial charge in [-0.25, -0.2) is 9.78 Å². The monoisotopic (exact) mass is 273 g/mol. The van der Waals surface area contributed by atoms with E-state index in [-0.39, 0.29) is 0 Å². The van der Waals surface area contributed by atoms with Crippen LogP contribution in [0, 0.1) is 0 Å². The molecule has 3 nitrogen and oxygen atoms in total. The van der Waals surface area contributed by atoms with E-state index in [0.29, 0.717) is 10.1 Å². The van der Waals surface area contributed by atoms with Gasteiger partial charge in [-0.15, -0.1) is 11.3 Å². The van der Waals surface area contributed by atoms with E-state index in [2.05, 4.69) is 18.8 Å². The third kappa shape index (κ3) is 4.32. The van der Waals surface area contributed by atoms with Crippen molar-refractivity contribution in [3.05, 3.63) is 15.6 Å². The van der Waals surface area contributed by atoms with Crippen molar-refractivity contribution in [1.29, 1.82) is 0 Å². The molecule has 1 aromatic rings. The van der Waals surface area contributed by atoms with Crippen molar-refractivity contribution in [3.8, 4) is 0 Å². The molecule has 5 heteroatoms. The van der Waals surface area contributed by atoms with Gasteiger partial charge in [0.15, 0.2) is 0 Å². The molecular formula is C12H19NO2S2. The Morgan fingerprint density at radius 2 is 2.24 bits per heavy atom. The predicted octanol–water partition coefficient (Wildman–Crippen LogP) is 3.83. The number of thioether (sulfide) groups is 1. The van der Waals surface area contributed by atoms with Crippen LogP contribution in [-0.2, 0) is 12.2 Å². The minimum atomic E-state index is -0.842. The average molecular weight is 273 g/mol. The Balaban J connectivity index is 2.73. The lowest BCUT2D eigenvalue weighted by atomic mass is 10.2. The highest BCUT2D eigenvalue weighted by Crippen LogP contribution is 2.26. The van der Waals surface area contributed by atoms with Crippen LogP contribution in [-0.4, -0.2) is 21.3 Å². The number of carbonyl (C=O) groups is 1. The highest BCUT2D eigenvalue weighted by molar-refractivity contribution is 7.99.